The van der Waals surface area contributed by atoms with Crippen molar-refractivity contribution in [1.29, 1.82) is 0 Å². The van der Waals surface area contributed by atoms with Gasteiger partial charge in [-0.25, -0.2) is 8.42 Å². The van der Waals surface area contributed by atoms with Crippen molar-refractivity contribution in [2.24, 2.45) is 0 Å². The van der Waals surface area contributed by atoms with Crippen molar-refractivity contribution in [1.82, 2.24) is 21.3 Å². The number of ether oxygens (including phenoxy) is 8. The van der Waals surface area contributed by atoms with E-state index in [0.29, 0.717) is 12.4 Å². The van der Waals surface area contributed by atoms with Crippen LogP contribution in [0.5, 0.6) is 5.75 Å². The van der Waals surface area contributed by atoms with Gasteiger partial charge in [-0.05, 0) is 49.9 Å². The number of hydrogen-bond acceptors (Lipinski definition) is 25. The standard InChI is InChI=1S/C48H76N4O25S.Na/c1-5-6-7-8-9-10-11-12-13-18-69-27-16-14-26(15-17-27)44(64)52-33-37(60)36(59)28(19-53)72-46(33)75-41-29(20-54)73-47(34(39(41)62)50-24(3)57)76-42-30(21-55)74-48(35(40(42)63)51-25(4)58)77-43-31(22-70-78(66,67)68)71-45(65)32(38(43)61)49-23(2)56;/h10-11,14-17,28-43,45-48,53-55,59-63,65H,5-9,12-13,18-22H2,1-4H3,(H,49,56)(H,50,57)(H,51,58)(H,52,64)(H,66,67,68);/q;+1/p-1/b11-10-;/t28?,29?,30?,31?,32?,33?,34?,35?,36-,37-,38?,39?,40-,41-,42-,43-,45-,46+,47+,48+;/m1./s1. The van der Waals surface area contributed by atoms with Gasteiger partial charge in [0, 0.05) is 26.3 Å². The smallest absolute Gasteiger partial charge is 0.726 e. The van der Waals surface area contributed by atoms with Crippen LogP contribution in [0, 0.1) is 0 Å². The fourth-order valence-corrected chi connectivity index (χ4v) is 9.63. The molecule has 0 spiro atoms. The van der Waals surface area contributed by atoms with E-state index in [0.717, 1.165) is 46.5 Å². The number of hydrogen-bond donors (Lipinski definition) is 13. The summed E-state index contributed by atoms with van der Waals surface area (Å²) in [7, 11) is -5.41. The zero-order valence-electron chi connectivity index (χ0n) is 44.5. The Balaban J connectivity index is 0.0000134. The van der Waals surface area contributed by atoms with Gasteiger partial charge in [-0.2, -0.15) is 0 Å². The monoisotopic (exact) mass is 1160 g/mol. The van der Waals surface area contributed by atoms with Gasteiger partial charge in [-0.1, -0.05) is 38.3 Å². The van der Waals surface area contributed by atoms with Crippen LogP contribution < -0.4 is 55.6 Å². The molecular formula is C48H75N4NaO25S. The number of allylic oxidation sites excluding steroid dienone is 2. The van der Waals surface area contributed by atoms with E-state index in [1.54, 1.807) is 12.1 Å². The minimum atomic E-state index is -5.41. The summed E-state index contributed by atoms with van der Waals surface area (Å²) in [6.07, 6.45) is -18.0. The van der Waals surface area contributed by atoms with Gasteiger partial charge in [0.05, 0.1) is 33.0 Å². The Bertz CT molecular complexity index is 2210. The van der Waals surface area contributed by atoms with Gasteiger partial charge >= 0.3 is 29.6 Å². The molecule has 20 atom stereocenters. The van der Waals surface area contributed by atoms with Crippen molar-refractivity contribution in [3.05, 3.63) is 42.0 Å². The average molecular weight is 1160 g/mol. The zero-order chi connectivity index (χ0) is 57.4. The molecule has 4 saturated heterocycles. The van der Waals surface area contributed by atoms with E-state index in [2.05, 4.69) is 44.5 Å². The number of nitrogens with one attached hydrogen (secondary N) is 4. The molecule has 4 amide bonds. The SMILES string of the molecule is CCCCCC/C=C\CCCOc1ccc(C(=O)NC2[C@H](O[C@@H]3C(CO)O[C@@H](O[C@@H]4C(CO)O[C@@H](O[C@@H]5C(COS(=O)(=O)[O-])O[C@@H](O)C(NC(C)=O)C5O)C(NC(C)=O)[C@H]4O)C(NC(C)=O)C3O)OC(CO)[C@@H](O)[C@@H]2O)cc1.[Na+]. The molecule has 4 aliphatic rings. The molecule has 0 saturated carbocycles. The molecule has 0 aromatic heterocycles. The molecule has 4 fully saturated rings. The number of carbonyl (C=O) groups excluding carboxylic acids is 4. The third-order valence-corrected chi connectivity index (χ3v) is 13.7. The summed E-state index contributed by atoms with van der Waals surface area (Å²) in [5.74, 6) is -2.74. The summed E-state index contributed by atoms with van der Waals surface area (Å²) < 4.78 is 85.5. The van der Waals surface area contributed by atoms with Crippen molar-refractivity contribution < 1.29 is 150 Å². The van der Waals surface area contributed by atoms with E-state index in [1.165, 1.54) is 31.4 Å². The van der Waals surface area contributed by atoms with Crippen LogP contribution in [0.15, 0.2) is 36.4 Å². The summed E-state index contributed by atoms with van der Waals surface area (Å²) in [6.45, 7) is 1.58. The summed E-state index contributed by atoms with van der Waals surface area (Å²) in [6, 6.07) is -0.782. The van der Waals surface area contributed by atoms with Crippen LogP contribution in [0.2, 0.25) is 0 Å². The minimum absolute atomic E-state index is 0. The van der Waals surface area contributed by atoms with E-state index in [9.17, 15) is 78.1 Å². The number of rotatable bonds is 27. The number of aliphatic hydroxyl groups is 9. The third-order valence-electron chi connectivity index (χ3n) is 13.2. The van der Waals surface area contributed by atoms with Crippen LogP contribution in [0.1, 0.15) is 83.0 Å². The predicted octanol–water partition coefficient (Wildman–Crippen LogP) is -7.71. The molecule has 31 heteroatoms. The summed E-state index contributed by atoms with van der Waals surface area (Å²) in [5.41, 5.74) is 0.0787. The maximum Gasteiger partial charge on any atom is 1.00 e. The van der Waals surface area contributed by atoms with Gasteiger partial charge in [0.25, 0.3) is 5.91 Å². The van der Waals surface area contributed by atoms with Crippen molar-refractivity contribution in [2.75, 3.05) is 33.0 Å². The largest absolute Gasteiger partial charge is 1.00 e. The number of unbranched alkanes of at least 4 members (excludes halogenated alkanes) is 5. The van der Waals surface area contributed by atoms with Crippen LogP contribution in [-0.4, -0.2) is 238 Å². The molecule has 1 aromatic rings. The van der Waals surface area contributed by atoms with Gasteiger partial charge in [0.1, 0.15) is 103 Å². The van der Waals surface area contributed by atoms with Crippen molar-refractivity contribution in [3.8, 4) is 5.75 Å². The van der Waals surface area contributed by atoms with Crippen molar-refractivity contribution >= 4 is 34.0 Å². The Kier molecular flexibility index (Phi) is 28.3. The Hall–Kier alpha value is -3.13. The molecule has 13 N–H and O–H groups in total. The molecule has 79 heavy (non-hydrogen) atoms. The first-order valence-corrected chi connectivity index (χ1v) is 26.9. The molecule has 10 unspecified atom stereocenters. The second-order valence-electron chi connectivity index (χ2n) is 19.2. The normalized spacial score (nSPS) is 35.0. The Morgan fingerprint density at radius 2 is 1.03 bits per heavy atom. The van der Waals surface area contributed by atoms with Crippen LogP contribution in [0.3, 0.4) is 0 Å². The number of carbonyl (C=O) groups is 4. The van der Waals surface area contributed by atoms with Crippen LogP contribution in [0.4, 0.5) is 0 Å². The van der Waals surface area contributed by atoms with Gasteiger partial charge in [0.15, 0.2) is 25.2 Å². The topological polar surface area (TPSA) is 439 Å². The maximum atomic E-state index is 13.7. The van der Waals surface area contributed by atoms with Gasteiger partial charge in [-0.3, -0.25) is 23.4 Å². The first-order chi connectivity index (χ1) is 37.0. The average Bonchev–Trinajstić information content (AvgIpc) is 3.43. The zero-order valence-corrected chi connectivity index (χ0v) is 47.3. The summed E-state index contributed by atoms with van der Waals surface area (Å²) in [5, 5.41) is 109. The molecule has 4 heterocycles. The first-order valence-electron chi connectivity index (χ1n) is 25.6. The van der Waals surface area contributed by atoms with Crippen LogP contribution >= 0.6 is 0 Å². The second kappa shape index (κ2) is 32.6. The van der Waals surface area contributed by atoms with Gasteiger partial charge in [0.2, 0.25) is 28.1 Å². The molecule has 0 radical (unpaired) electrons. The molecule has 0 aliphatic carbocycles. The van der Waals surface area contributed by atoms with Crippen LogP contribution in [-0.2, 0) is 62.1 Å². The Labute approximate surface area is 478 Å². The quantitative estimate of drug-likeness (QED) is 0.0128. The third kappa shape index (κ3) is 19.5. The number of aliphatic hydroxyl groups excluding tert-OH is 9. The fraction of sp³-hybridized carbons (Fsp3) is 0.750. The minimum Gasteiger partial charge on any atom is -0.726 e. The maximum absolute atomic E-state index is 13.7. The summed E-state index contributed by atoms with van der Waals surface area (Å²) >= 11 is 0. The molecule has 5 rings (SSSR count). The molecule has 444 valence electrons. The van der Waals surface area contributed by atoms with E-state index >= 15 is 0 Å². The summed E-state index contributed by atoms with van der Waals surface area (Å²) in [4.78, 5) is 50.9. The fourth-order valence-electron chi connectivity index (χ4n) is 9.33. The van der Waals surface area contributed by atoms with Gasteiger partial charge in [-0.15, -0.1) is 0 Å². The van der Waals surface area contributed by atoms with E-state index in [-0.39, 0.29) is 35.1 Å². The van der Waals surface area contributed by atoms with E-state index in [1.807, 2.05) is 0 Å². The molecule has 0 bridgehead atoms. The van der Waals surface area contributed by atoms with Crippen molar-refractivity contribution in [3.63, 3.8) is 0 Å². The van der Waals surface area contributed by atoms with Crippen LogP contribution in [0.25, 0.3) is 0 Å². The van der Waals surface area contributed by atoms with E-state index in [4.69, 9.17) is 37.9 Å². The Morgan fingerprint density at radius 1 is 0.582 bits per heavy atom. The second-order valence-corrected chi connectivity index (χ2v) is 20.3. The molecular weight excluding hydrogens is 1090 g/mol. The molecule has 1 aromatic carbocycles. The first kappa shape index (κ1) is 68.4. The predicted molar refractivity (Wildman–Crippen MR) is 262 cm³/mol. The van der Waals surface area contributed by atoms with Crippen molar-refractivity contribution in [2.45, 2.75) is 195 Å². The number of benzene rings is 1. The molecule has 29 nitrogen and oxygen atoms in total. The number of amides is 4. The van der Waals surface area contributed by atoms with Gasteiger partial charge < -0.3 is 110 Å². The van der Waals surface area contributed by atoms with E-state index < -0.39 is 183 Å². The molecule has 4 aliphatic heterocycles. The Morgan fingerprint density at radius 3 is 1.49 bits per heavy atom.